The summed E-state index contributed by atoms with van der Waals surface area (Å²) < 4.78 is 16.0. The molecular weight excluding hydrogens is 321 g/mol. The highest BCUT2D eigenvalue weighted by atomic mass is 79.9. The van der Waals surface area contributed by atoms with Crippen molar-refractivity contribution in [1.29, 1.82) is 0 Å². The molecule has 0 radical (unpaired) electrons. The van der Waals surface area contributed by atoms with Crippen molar-refractivity contribution in [2.45, 2.75) is 52.0 Å². The summed E-state index contributed by atoms with van der Waals surface area (Å²) in [6.07, 6.45) is 7.33. The maximum atomic E-state index is 13.6. The first-order valence-electron chi connectivity index (χ1n) is 7.24. The molecule has 1 heterocycles. The number of hydrogen-bond donors (Lipinski definition) is 1. The molecular formula is C15H21BrFN3. The Morgan fingerprint density at radius 2 is 1.90 bits per heavy atom. The van der Waals surface area contributed by atoms with Gasteiger partial charge in [-0.2, -0.15) is 0 Å². The van der Waals surface area contributed by atoms with Crippen LogP contribution in [-0.2, 0) is 6.54 Å². The molecule has 0 spiro atoms. The van der Waals surface area contributed by atoms with Crippen molar-refractivity contribution in [3.63, 3.8) is 0 Å². The second kappa shape index (κ2) is 7.07. The monoisotopic (exact) mass is 341 g/mol. The largest absolute Gasteiger partial charge is 0.369 e. The summed E-state index contributed by atoms with van der Waals surface area (Å²) in [7, 11) is 0. The van der Waals surface area contributed by atoms with Crippen LogP contribution in [0.2, 0.25) is 0 Å². The highest BCUT2D eigenvalue weighted by Crippen LogP contribution is 2.25. The highest BCUT2D eigenvalue weighted by Gasteiger charge is 2.11. The zero-order chi connectivity index (χ0) is 14.5. The summed E-state index contributed by atoms with van der Waals surface area (Å²) in [6.45, 7) is 3.01. The summed E-state index contributed by atoms with van der Waals surface area (Å²) in [5, 5.41) is 0. The second-order valence-corrected chi connectivity index (χ2v) is 6.00. The third-order valence-corrected chi connectivity index (χ3v) is 4.16. The predicted octanol–water partition coefficient (Wildman–Crippen LogP) is 4.88. The maximum absolute atomic E-state index is 13.6. The Labute approximate surface area is 127 Å². The Balaban J connectivity index is 2.02. The van der Waals surface area contributed by atoms with Gasteiger partial charge in [0.1, 0.15) is 5.82 Å². The normalized spacial score (nSPS) is 11.3. The van der Waals surface area contributed by atoms with Gasteiger partial charge in [-0.15, -0.1) is 0 Å². The fourth-order valence-electron chi connectivity index (χ4n) is 2.42. The molecule has 0 bridgehead atoms. The minimum Gasteiger partial charge on any atom is -0.369 e. The van der Waals surface area contributed by atoms with Gasteiger partial charge in [-0.1, -0.05) is 39.0 Å². The van der Waals surface area contributed by atoms with Gasteiger partial charge >= 0.3 is 0 Å². The first kappa shape index (κ1) is 15.3. The molecule has 0 saturated carbocycles. The van der Waals surface area contributed by atoms with Gasteiger partial charge in [0.2, 0.25) is 5.95 Å². The standard InChI is InChI=1S/C15H21BrFN3/c1-2-3-4-5-6-7-8-20-14-10-12(17)11(16)9-13(14)19-15(20)18/h9-10H,2-8H2,1H3,(H2,18,19). The molecule has 0 fully saturated rings. The van der Waals surface area contributed by atoms with Gasteiger partial charge in [-0.3, -0.25) is 0 Å². The molecule has 0 aliphatic carbocycles. The van der Waals surface area contributed by atoms with E-state index in [2.05, 4.69) is 27.8 Å². The van der Waals surface area contributed by atoms with E-state index in [4.69, 9.17) is 5.73 Å². The van der Waals surface area contributed by atoms with Crippen LogP contribution < -0.4 is 5.73 Å². The Kier molecular flexibility index (Phi) is 5.40. The van der Waals surface area contributed by atoms with Crippen molar-refractivity contribution in [3.8, 4) is 0 Å². The quantitative estimate of drug-likeness (QED) is 0.729. The molecule has 2 N–H and O–H groups in total. The fourth-order valence-corrected chi connectivity index (χ4v) is 2.76. The number of benzene rings is 1. The number of halogens is 2. The zero-order valence-electron chi connectivity index (χ0n) is 11.8. The lowest BCUT2D eigenvalue weighted by Gasteiger charge is -2.06. The van der Waals surface area contributed by atoms with E-state index in [9.17, 15) is 4.39 Å². The van der Waals surface area contributed by atoms with Crippen LogP contribution in [0, 0.1) is 5.82 Å². The Hall–Kier alpha value is -1.10. The van der Waals surface area contributed by atoms with E-state index in [1.54, 1.807) is 6.07 Å². The molecule has 0 saturated heterocycles. The number of fused-ring (bicyclic) bond motifs is 1. The average Bonchev–Trinajstić information content (AvgIpc) is 2.70. The molecule has 1 aromatic heterocycles. The summed E-state index contributed by atoms with van der Waals surface area (Å²) in [6, 6.07) is 3.18. The van der Waals surface area contributed by atoms with Crippen LogP contribution in [-0.4, -0.2) is 9.55 Å². The van der Waals surface area contributed by atoms with Gasteiger partial charge < -0.3 is 10.3 Å². The van der Waals surface area contributed by atoms with Crippen molar-refractivity contribution in [2.24, 2.45) is 0 Å². The van der Waals surface area contributed by atoms with Crippen LogP contribution in [0.25, 0.3) is 11.0 Å². The predicted molar refractivity (Wildman–Crippen MR) is 85.2 cm³/mol. The van der Waals surface area contributed by atoms with Crippen molar-refractivity contribution < 1.29 is 4.39 Å². The average molecular weight is 342 g/mol. The minimum absolute atomic E-state index is 0.276. The lowest BCUT2D eigenvalue weighted by Crippen LogP contribution is -2.03. The first-order chi connectivity index (χ1) is 9.63. The van der Waals surface area contributed by atoms with Gasteiger partial charge in [-0.05, 0) is 28.4 Å². The van der Waals surface area contributed by atoms with Crippen LogP contribution in [0.4, 0.5) is 10.3 Å². The van der Waals surface area contributed by atoms with Gasteiger partial charge in [0.05, 0.1) is 15.5 Å². The third-order valence-electron chi connectivity index (χ3n) is 3.56. The van der Waals surface area contributed by atoms with Crippen LogP contribution >= 0.6 is 15.9 Å². The van der Waals surface area contributed by atoms with Crippen molar-refractivity contribution >= 4 is 32.9 Å². The molecule has 20 heavy (non-hydrogen) atoms. The van der Waals surface area contributed by atoms with E-state index in [-0.39, 0.29) is 5.82 Å². The van der Waals surface area contributed by atoms with Crippen LogP contribution in [0.1, 0.15) is 45.4 Å². The zero-order valence-corrected chi connectivity index (χ0v) is 13.4. The molecule has 3 nitrogen and oxygen atoms in total. The van der Waals surface area contributed by atoms with Crippen LogP contribution in [0.15, 0.2) is 16.6 Å². The van der Waals surface area contributed by atoms with E-state index >= 15 is 0 Å². The lowest BCUT2D eigenvalue weighted by molar-refractivity contribution is 0.566. The summed E-state index contributed by atoms with van der Waals surface area (Å²) >= 11 is 3.17. The summed E-state index contributed by atoms with van der Waals surface area (Å²) in [5.74, 6) is 0.188. The molecule has 5 heteroatoms. The van der Waals surface area contributed by atoms with E-state index in [0.29, 0.717) is 10.4 Å². The van der Waals surface area contributed by atoms with Crippen molar-refractivity contribution in [2.75, 3.05) is 5.73 Å². The molecule has 2 aromatic rings. The van der Waals surface area contributed by atoms with Gasteiger partial charge in [-0.25, -0.2) is 9.37 Å². The number of aryl methyl sites for hydroxylation is 1. The molecule has 0 aliphatic heterocycles. The van der Waals surface area contributed by atoms with Gasteiger partial charge in [0.15, 0.2) is 0 Å². The van der Waals surface area contributed by atoms with Crippen LogP contribution in [0.5, 0.6) is 0 Å². The number of anilines is 1. The Bertz CT molecular complexity index is 580. The van der Waals surface area contributed by atoms with Gasteiger partial charge in [0.25, 0.3) is 0 Å². The SMILES string of the molecule is CCCCCCCCn1c(N)nc2cc(Br)c(F)cc21. The van der Waals surface area contributed by atoms with E-state index in [0.717, 1.165) is 24.0 Å². The molecule has 0 atom stereocenters. The number of rotatable bonds is 7. The highest BCUT2D eigenvalue weighted by molar-refractivity contribution is 9.10. The Morgan fingerprint density at radius 1 is 1.20 bits per heavy atom. The summed E-state index contributed by atoms with van der Waals surface area (Å²) in [5.41, 5.74) is 7.44. The smallest absolute Gasteiger partial charge is 0.201 e. The molecule has 0 unspecified atom stereocenters. The second-order valence-electron chi connectivity index (χ2n) is 5.14. The minimum atomic E-state index is -0.276. The molecule has 2 rings (SSSR count). The fraction of sp³-hybridized carbons (Fsp3) is 0.533. The van der Waals surface area contributed by atoms with Crippen molar-refractivity contribution in [3.05, 3.63) is 22.4 Å². The number of imidazole rings is 1. The molecule has 0 aliphatic rings. The number of nitrogens with two attached hydrogens (primary N) is 1. The van der Waals surface area contributed by atoms with Crippen molar-refractivity contribution in [1.82, 2.24) is 9.55 Å². The number of nitrogen functional groups attached to an aromatic ring is 1. The number of nitrogens with zero attached hydrogens (tertiary/aromatic N) is 2. The molecule has 110 valence electrons. The number of hydrogen-bond acceptors (Lipinski definition) is 2. The van der Waals surface area contributed by atoms with Crippen LogP contribution in [0.3, 0.4) is 0 Å². The number of unbranched alkanes of at least 4 members (excludes halogenated alkanes) is 5. The van der Waals surface area contributed by atoms with E-state index in [1.165, 1.54) is 38.2 Å². The third kappa shape index (κ3) is 3.51. The molecule has 1 aromatic carbocycles. The van der Waals surface area contributed by atoms with E-state index < -0.39 is 0 Å². The van der Waals surface area contributed by atoms with E-state index in [1.807, 2.05) is 4.57 Å². The molecule has 0 amide bonds. The topological polar surface area (TPSA) is 43.8 Å². The summed E-state index contributed by atoms with van der Waals surface area (Å²) in [4.78, 5) is 4.29. The Morgan fingerprint density at radius 3 is 2.65 bits per heavy atom. The maximum Gasteiger partial charge on any atom is 0.201 e. The van der Waals surface area contributed by atoms with Gasteiger partial charge in [0, 0.05) is 12.6 Å². The first-order valence-corrected chi connectivity index (χ1v) is 8.03. The lowest BCUT2D eigenvalue weighted by atomic mass is 10.1. The number of aromatic nitrogens is 2.